The molecule has 1 N–H and O–H groups in total. The predicted octanol–water partition coefficient (Wildman–Crippen LogP) is 6.16. The van der Waals surface area contributed by atoms with E-state index in [2.05, 4.69) is 0 Å². The molecule has 0 bridgehead atoms. The number of carbonyl (C=O) groups is 2. The van der Waals surface area contributed by atoms with Crippen LogP contribution < -0.4 is 14.2 Å². The zero-order valence-corrected chi connectivity index (χ0v) is 23.6. The number of benzene rings is 3. The zero-order chi connectivity index (χ0) is 29.2. The Morgan fingerprint density at radius 3 is 2.17 bits per heavy atom. The van der Waals surface area contributed by atoms with Gasteiger partial charge < -0.3 is 24.2 Å². The molecular formula is C32H34FNO6. The van der Waals surface area contributed by atoms with Gasteiger partial charge in [0, 0.05) is 17.7 Å². The number of carbonyl (C=O) groups excluding carboxylic acids is 2. The molecule has 7 nitrogen and oxygen atoms in total. The van der Waals surface area contributed by atoms with Crippen LogP contribution >= 0.6 is 0 Å². The van der Waals surface area contributed by atoms with E-state index in [-0.39, 0.29) is 23.3 Å². The fourth-order valence-electron chi connectivity index (χ4n) is 4.90. The van der Waals surface area contributed by atoms with Gasteiger partial charge in [0.05, 0.1) is 32.4 Å². The maximum atomic E-state index is 13.6. The summed E-state index contributed by atoms with van der Waals surface area (Å²) < 4.78 is 30.3. The molecule has 0 saturated carbocycles. The van der Waals surface area contributed by atoms with E-state index < -0.39 is 23.5 Å². The van der Waals surface area contributed by atoms with Crippen molar-refractivity contribution in [2.45, 2.75) is 45.7 Å². The average molecular weight is 548 g/mol. The van der Waals surface area contributed by atoms with Crippen LogP contribution in [0.5, 0.6) is 17.2 Å². The molecule has 1 amide bonds. The second-order valence-electron chi connectivity index (χ2n) is 10.6. The lowest BCUT2D eigenvalue weighted by Gasteiger charge is -2.26. The summed E-state index contributed by atoms with van der Waals surface area (Å²) in [6.07, 6.45) is 0. The van der Waals surface area contributed by atoms with Gasteiger partial charge in [-0.05, 0) is 65.9 Å². The Balaban J connectivity index is 1.92. The van der Waals surface area contributed by atoms with Gasteiger partial charge in [0.15, 0.2) is 11.5 Å². The highest BCUT2D eigenvalue weighted by molar-refractivity contribution is 6.46. The molecule has 0 spiro atoms. The molecule has 0 aromatic heterocycles. The number of amides is 1. The quantitative estimate of drug-likeness (QED) is 0.207. The summed E-state index contributed by atoms with van der Waals surface area (Å²) in [6, 6.07) is 15.1. The van der Waals surface area contributed by atoms with Gasteiger partial charge in [-0.3, -0.25) is 9.59 Å². The lowest BCUT2D eigenvalue weighted by Crippen LogP contribution is -2.29. The predicted molar refractivity (Wildman–Crippen MR) is 150 cm³/mol. The van der Waals surface area contributed by atoms with Gasteiger partial charge in [0.1, 0.15) is 17.3 Å². The van der Waals surface area contributed by atoms with Crippen molar-refractivity contribution < 1.29 is 33.3 Å². The summed E-state index contributed by atoms with van der Waals surface area (Å²) >= 11 is 0. The highest BCUT2D eigenvalue weighted by Crippen LogP contribution is 2.43. The molecule has 8 heteroatoms. The van der Waals surface area contributed by atoms with E-state index in [4.69, 9.17) is 14.2 Å². The first-order valence-electron chi connectivity index (χ1n) is 13.0. The molecule has 3 aromatic carbocycles. The van der Waals surface area contributed by atoms with Gasteiger partial charge in [-0.15, -0.1) is 0 Å². The number of aliphatic hydroxyl groups is 1. The maximum absolute atomic E-state index is 13.6. The van der Waals surface area contributed by atoms with E-state index in [0.717, 1.165) is 5.56 Å². The van der Waals surface area contributed by atoms with E-state index in [1.54, 1.807) is 55.6 Å². The third-order valence-corrected chi connectivity index (χ3v) is 6.89. The van der Waals surface area contributed by atoms with Crippen molar-refractivity contribution in [1.29, 1.82) is 0 Å². The molecule has 1 aliphatic rings. The number of nitrogens with zero attached hydrogens (tertiary/aromatic N) is 1. The standard InChI is InChI=1S/C32H34FNO6/c1-7-40-26-17-20(10-15-25(26)39-6)28-27(29(35)21-11-14-24(38-5)23(16-21)32(2,3)4)30(36)31(37)34(28)18-19-8-12-22(33)13-9-19/h8-17,28,35H,7,18H2,1-6H3/b29-27+. The lowest BCUT2D eigenvalue weighted by molar-refractivity contribution is -0.140. The number of aliphatic hydroxyl groups excluding tert-OH is 1. The number of Topliss-reactive ketones (excluding diaryl/α,β-unsaturated/α-hetero) is 1. The van der Waals surface area contributed by atoms with Crippen LogP contribution in [0.3, 0.4) is 0 Å². The van der Waals surface area contributed by atoms with Gasteiger partial charge in [-0.1, -0.05) is 39.0 Å². The Hall–Kier alpha value is -4.33. The Bertz CT molecular complexity index is 1460. The first kappa shape index (κ1) is 28.7. The molecule has 0 aliphatic carbocycles. The number of hydrogen-bond acceptors (Lipinski definition) is 6. The van der Waals surface area contributed by atoms with Crippen molar-refractivity contribution in [3.8, 4) is 17.2 Å². The largest absolute Gasteiger partial charge is 0.507 e. The van der Waals surface area contributed by atoms with Crippen molar-refractivity contribution >= 4 is 17.4 Å². The monoisotopic (exact) mass is 547 g/mol. The van der Waals surface area contributed by atoms with Gasteiger partial charge >= 0.3 is 0 Å². The molecule has 1 saturated heterocycles. The van der Waals surface area contributed by atoms with E-state index in [0.29, 0.717) is 40.5 Å². The number of ether oxygens (including phenoxy) is 3. The molecule has 40 heavy (non-hydrogen) atoms. The lowest BCUT2D eigenvalue weighted by atomic mass is 9.84. The first-order valence-corrected chi connectivity index (χ1v) is 13.0. The van der Waals surface area contributed by atoms with Crippen LogP contribution in [0.4, 0.5) is 4.39 Å². The Morgan fingerprint density at radius 2 is 1.57 bits per heavy atom. The summed E-state index contributed by atoms with van der Waals surface area (Å²) in [7, 11) is 3.10. The van der Waals surface area contributed by atoms with Crippen molar-refractivity contribution in [3.05, 3.63) is 94.3 Å². The number of ketones is 1. The van der Waals surface area contributed by atoms with Crippen LogP contribution in [-0.2, 0) is 21.5 Å². The third-order valence-electron chi connectivity index (χ3n) is 6.89. The average Bonchev–Trinajstić information content (AvgIpc) is 3.18. The molecule has 4 rings (SSSR count). The van der Waals surface area contributed by atoms with Crippen molar-refractivity contribution in [1.82, 2.24) is 4.90 Å². The summed E-state index contributed by atoms with van der Waals surface area (Å²) in [5.74, 6) is -0.713. The van der Waals surface area contributed by atoms with Crippen molar-refractivity contribution in [2.75, 3.05) is 20.8 Å². The SMILES string of the molecule is CCOc1cc(C2/C(=C(\O)c3ccc(OC)c(C(C)(C)C)c3)C(=O)C(=O)N2Cc2ccc(F)cc2)ccc1OC. The molecule has 210 valence electrons. The molecule has 0 radical (unpaired) electrons. The molecule has 1 heterocycles. The number of methoxy groups -OCH3 is 2. The molecule has 1 fully saturated rings. The fraction of sp³-hybridized carbons (Fsp3) is 0.312. The van der Waals surface area contributed by atoms with Crippen LogP contribution in [0.1, 0.15) is 56.0 Å². The number of rotatable bonds is 8. The Labute approximate surface area is 233 Å². The summed E-state index contributed by atoms with van der Waals surface area (Å²) in [5, 5.41) is 11.6. The molecule has 1 aliphatic heterocycles. The van der Waals surface area contributed by atoms with Gasteiger partial charge in [-0.2, -0.15) is 0 Å². The number of hydrogen-bond donors (Lipinski definition) is 1. The van der Waals surface area contributed by atoms with Gasteiger partial charge in [0.25, 0.3) is 11.7 Å². The normalized spacial score (nSPS) is 16.8. The minimum atomic E-state index is -0.935. The third kappa shape index (κ3) is 5.52. The van der Waals surface area contributed by atoms with E-state index >= 15 is 0 Å². The van der Waals surface area contributed by atoms with Gasteiger partial charge in [0.2, 0.25) is 0 Å². The summed E-state index contributed by atoms with van der Waals surface area (Å²) in [4.78, 5) is 28.4. The molecule has 1 unspecified atom stereocenters. The van der Waals surface area contributed by atoms with Crippen LogP contribution in [0.25, 0.3) is 5.76 Å². The highest BCUT2D eigenvalue weighted by atomic mass is 19.1. The Kier molecular flexibility index (Phi) is 8.18. The van der Waals surface area contributed by atoms with Crippen molar-refractivity contribution in [2.24, 2.45) is 0 Å². The smallest absolute Gasteiger partial charge is 0.295 e. The van der Waals surface area contributed by atoms with Crippen LogP contribution in [-0.4, -0.2) is 42.5 Å². The second-order valence-corrected chi connectivity index (χ2v) is 10.6. The summed E-state index contributed by atoms with van der Waals surface area (Å²) in [6.45, 7) is 8.28. The molecule has 3 aromatic rings. The summed E-state index contributed by atoms with van der Waals surface area (Å²) in [5.41, 5.74) is 2.03. The Morgan fingerprint density at radius 1 is 0.925 bits per heavy atom. The second kappa shape index (κ2) is 11.4. The minimum Gasteiger partial charge on any atom is -0.507 e. The van der Waals surface area contributed by atoms with Crippen molar-refractivity contribution in [3.63, 3.8) is 0 Å². The van der Waals surface area contributed by atoms with Crippen LogP contribution in [0.15, 0.2) is 66.2 Å². The zero-order valence-electron chi connectivity index (χ0n) is 23.6. The number of likely N-dealkylation sites (tertiary alicyclic amines) is 1. The van der Waals surface area contributed by atoms with Crippen LogP contribution in [0.2, 0.25) is 0 Å². The van der Waals surface area contributed by atoms with E-state index in [1.165, 1.54) is 24.1 Å². The maximum Gasteiger partial charge on any atom is 0.295 e. The van der Waals surface area contributed by atoms with Crippen LogP contribution in [0, 0.1) is 5.82 Å². The number of halogens is 1. The van der Waals surface area contributed by atoms with E-state index in [1.807, 2.05) is 27.7 Å². The minimum absolute atomic E-state index is 0.0259. The highest BCUT2D eigenvalue weighted by Gasteiger charge is 2.46. The topological polar surface area (TPSA) is 85.3 Å². The van der Waals surface area contributed by atoms with Gasteiger partial charge in [-0.25, -0.2) is 4.39 Å². The molecule has 1 atom stereocenters. The fourth-order valence-corrected chi connectivity index (χ4v) is 4.90. The first-order chi connectivity index (χ1) is 19.0. The molecular weight excluding hydrogens is 513 g/mol. The van der Waals surface area contributed by atoms with E-state index in [9.17, 15) is 19.1 Å².